The molecule has 1 saturated heterocycles. The first kappa shape index (κ1) is 14.7. The Kier molecular flexibility index (Phi) is 4.81. The number of nitrogens with zero attached hydrogens (tertiary/aromatic N) is 2. The van der Waals surface area contributed by atoms with Crippen molar-refractivity contribution in [3.63, 3.8) is 0 Å². The molecule has 1 aliphatic heterocycles. The van der Waals surface area contributed by atoms with Gasteiger partial charge in [-0.15, -0.1) is 22.9 Å². The minimum absolute atomic E-state index is 0.0591. The summed E-state index contributed by atoms with van der Waals surface area (Å²) >= 11 is 7.07. The fraction of sp³-hybridized carbons (Fsp3) is 0.636. The van der Waals surface area contributed by atoms with Gasteiger partial charge in [-0.2, -0.15) is 0 Å². The molecule has 0 spiro atoms. The summed E-state index contributed by atoms with van der Waals surface area (Å²) in [5.41, 5.74) is 0.771. The van der Waals surface area contributed by atoms with E-state index in [1.807, 2.05) is 5.38 Å². The summed E-state index contributed by atoms with van der Waals surface area (Å²) < 4.78 is 23.0. The van der Waals surface area contributed by atoms with Gasteiger partial charge in [-0.3, -0.25) is 4.79 Å². The lowest BCUT2D eigenvalue weighted by atomic mass is 10.3. The molecule has 1 aromatic heterocycles. The van der Waals surface area contributed by atoms with E-state index >= 15 is 0 Å². The first-order valence-corrected chi connectivity index (χ1v) is 9.21. The highest BCUT2D eigenvalue weighted by Crippen LogP contribution is 2.14. The zero-order chi connectivity index (χ0) is 13.9. The van der Waals surface area contributed by atoms with E-state index in [0.29, 0.717) is 18.8 Å². The average Bonchev–Trinajstić information content (AvgIpc) is 2.72. The fourth-order valence-electron chi connectivity index (χ4n) is 1.92. The minimum atomic E-state index is -2.98. The van der Waals surface area contributed by atoms with Crippen molar-refractivity contribution in [2.75, 3.05) is 24.6 Å². The molecular formula is C11H15ClN2O3S2. The van der Waals surface area contributed by atoms with E-state index in [4.69, 9.17) is 11.6 Å². The largest absolute Gasteiger partial charge is 0.341 e. The predicted molar refractivity (Wildman–Crippen MR) is 75.2 cm³/mol. The van der Waals surface area contributed by atoms with Gasteiger partial charge in [-0.1, -0.05) is 0 Å². The molecule has 0 N–H and O–H groups in total. The highest BCUT2D eigenvalue weighted by molar-refractivity contribution is 7.91. The van der Waals surface area contributed by atoms with Crippen LogP contribution in [-0.4, -0.2) is 48.8 Å². The van der Waals surface area contributed by atoms with Gasteiger partial charge in [0.15, 0.2) is 9.84 Å². The highest BCUT2D eigenvalue weighted by atomic mass is 35.5. The summed E-state index contributed by atoms with van der Waals surface area (Å²) in [7, 11) is -2.98. The van der Waals surface area contributed by atoms with Gasteiger partial charge in [0.2, 0.25) is 5.91 Å². The number of rotatable bonds is 3. The van der Waals surface area contributed by atoms with Crippen LogP contribution in [0.3, 0.4) is 0 Å². The van der Waals surface area contributed by atoms with Crippen molar-refractivity contribution >= 4 is 38.7 Å². The van der Waals surface area contributed by atoms with Gasteiger partial charge in [0, 0.05) is 18.5 Å². The number of alkyl halides is 1. The number of hydrogen-bond donors (Lipinski definition) is 0. The van der Waals surface area contributed by atoms with E-state index in [1.54, 1.807) is 4.90 Å². The number of hydrogen-bond acceptors (Lipinski definition) is 5. The molecule has 106 valence electrons. The molecule has 0 saturated carbocycles. The molecule has 1 amide bonds. The third-order valence-electron chi connectivity index (χ3n) is 2.95. The second-order valence-corrected chi connectivity index (χ2v) is 7.94. The van der Waals surface area contributed by atoms with Crippen LogP contribution < -0.4 is 0 Å². The number of aromatic nitrogens is 1. The van der Waals surface area contributed by atoms with Gasteiger partial charge >= 0.3 is 0 Å². The number of amides is 1. The lowest BCUT2D eigenvalue weighted by molar-refractivity contribution is -0.130. The van der Waals surface area contributed by atoms with E-state index in [9.17, 15) is 13.2 Å². The molecule has 8 heteroatoms. The Hall–Kier alpha value is -0.660. The Morgan fingerprint density at radius 1 is 1.42 bits per heavy atom. The predicted octanol–water partition coefficient (Wildman–Crippen LogP) is 1.07. The van der Waals surface area contributed by atoms with Gasteiger partial charge in [0.25, 0.3) is 0 Å². The molecule has 1 fully saturated rings. The summed E-state index contributed by atoms with van der Waals surface area (Å²) in [5, 5.41) is 2.57. The zero-order valence-electron chi connectivity index (χ0n) is 10.3. The minimum Gasteiger partial charge on any atom is -0.341 e. The van der Waals surface area contributed by atoms with Crippen LogP contribution in [0.2, 0.25) is 0 Å². The van der Waals surface area contributed by atoms with Crippen LogP contribution in [0, 0.1) is 0 Å². The van der Waals surface area contributed by atoms with E-state index in [0.717, 1.165) is 10.7 Å². The first-order valence-electron chi connectivity index (χ1n) is 5.97. The topological polar surface area (TPSA) is 67.3 Å². The molecule has 1 aromatic rings. The molecule has 5 nitrogen and oxygen atoms in total. The van der Waals surface area contributed by atoms with Crippen LogP contribution in [0.1, 0.15) is 17.1 Å². The Bertz CT molecular complexity index is 556. The van der Waals surface area contributed by atoms with Crippen molar-refractivity contribution in [3.8, 4) is 0 Å². The number of carbonyl (C=O) groups excluding carboxylic acids is 1. The Balaban J connectivity index is 1.96. The van der Waals surface area contributed by atoms with Crippen LogP contribution >= 0.6 is 22.9 Å². The quantitative estimate of drug-likeness (QED) is 0.781. The van der Waals surface area contributed by atoms with E-state index in [1.165, 1.54) is 11.3 Å². The van der Waals surface area contributed by atoms with Crippen molar-refractivity contribution in [1.82, 2.24) is 9.88 Å². The molecule has 2 heterocycles. The van der Waals surface area contributed by atoms with E-state index in [-0.39, 0.29) is 30.4 Å². The molecule has 0 atom stereocenters. The van der Waals surface area contributed by atoms with Crippen LogP contribution in [0.5, 0.6) is 0 Å². The van der Waals surface area contributed by atoms with E-state index < -0.39 is 9.84 Å². The van der Waals surface area contributed by atoms with Crippen molar-refractivity contribution < 1.29 is 13.2 Å². The summed E-state index contributed by atoms with van der Waals surface area (Å²) in [6.07, 6.45) is 0.737. The SMILES string of the molecule is O=C(Cc1nc(CCl)cs1)N1CCCS(=O)(=O)CC1. The molecule has 2 rings (SSSR count). The lowest BCUT2D eigenvalue weighted by Gasteiger charge is -2.18. The van der Waals surface area contributed by atoms with Gasteiger partial charge in [0.1, 0.15) is 5.01 Å². The van der Waals surface area contributed by atoms with Crippen LogP contribution in [0.4, 0.5) is 0 Å². The van der Waals surface area contributed by atoms with Gasteiger partial charge in [0.05, 0.1) is 29.5 Å². The lowest BCUT2D eigenvalue weighted by Crippen LogP contribution is -2.34. The second kappa shape index (κ2) is 6.19. The summed E-state index contributed by atoms with van der Waals surface area (Å²) in [6, 6.07) is 0. The van der Waals surface area contributed by atoms with Crippen LogP contribution in [-0.2, 0) is 26.9 Å². The molecule has 0 radical (unpaired) electrons. The molecule has 0 aromatic carbocycles. The number of thiazole rings is 1. The molecule has 1 aliphatic rings. The molecule has 19 heavy (non-hydrogen) atoms. The molecule has 0 aliphatic carbocycles. The highest BCUT2D eigenvalue weighted by Gasteiger charge is 2.23. The monoisotopic (exact) mass is 322 g/mol. The summed E-state index contributed by atoms with van der Waals surface area (Å²) in [5.74, 6) is 0.508. The third kappa shape index (κ3) is 4.15. The zero-order valence-corrected chi connectivity index (χ0v) is 12.7. The van der Waals surface area contributed by atoms with Crippen LogP contribution in [0.25, 0.3) is 0 Å². The van der Waals surface area contributed by atoms with Crippen molar-refractivity contribution in [3.05, 3.63) is 16.1 Å². The first-order chi connectivity index (χ1) is 9.00. The Morgan fingerprint density at radius 3 is 2.89 bits per heavy atom. The number of carbonyl (C=O) groups is 1. The van der Waals surface area contributed by atoms with Gasteiger partial charge in [-0.25, -0.2) is 13.4 Å². The standard InChI is InChI=1S/C11H15ClN2O3S2/c12-7-9-8-18-10(13-9)6-11(15)14-2-1-4-19(16,17)5-3-14/h8H,1-7H2. The van der Waals surface area contributed by atoms with Gasteiger partial charge < -0.3 is 4.90 Å². The maximum Gasteiger partial charge on any atom is 0.229 e. The van der Waals surface area contributed by atoms with Crippen molar-refractivity contribution in [2.24, 2.45) is 0 Å². The van der Waals surface area contributed by atoms with Crippen LogP contribution in [0.15, 0.2) is 5.38 Å². The normalized spacial score (nSPS) is 19.1. The molecule has 0 unspecified atom stereocenters. The van der Waals surface area contributed by atoms with Crippen molar-refractivity contribution in [1.29, 1.82) is 0 Å². The smallest absolute Gasteiger partial charge is 0.229 e. The number of sulfone groups is 1. The number of halogens is 1. The average molecular weight is 323 g/mol. The Morgan fingerprint density at radius 2 is 2.21 bits per heavy atom. The molecule has 0 bridgehead atoms. The third-order valence-corrected chi connectivity index (χ3v) is 5.83. The maximum atomic E-state index is 12.1. The summed E-state index contributed by atoms with van der Waals surface area (Å²) in [4.78, 5) is 17.9. The summed E-state index contributed by atoms with van der Waals surface area (Å²) in [6.45, 7) is 0.792. The van der Waals surface area contributed by atoms with Crippen molar-refractivity contribution in [2.45, 2.75) is 18.7 Å². The fourth-order valence-corrected chi connectivity index (χ4v) is 4.21. The van der Waals surface area contributed by atoms with E-state index in [2.05, 4.69) is 4.98 Å². The van der Waals surface area contributed by atoms with Gasteiger partial charge in [-0.05, 0) is 6.42 Å². The Labute approximate surface area is 121 Å². The molecular weight excluding hydrogens is 308 g/mol. The maximum absolute atomic E-state index is 12.1. The second-order valence-electron chi connectivity index (χ2n) is 4.43.